The quantitative estimate of drug-likeness (QED) is 0.0705. The lowest BCUT2D eigenvalue weighted by molar-refractivity contribution is -0.191. The van der Waals surface area contributed by atoms with Crippen LogP contribution in [0.15, 0.2) is 115 Å². The fraction of sp³-hybridized carbons (Fsp3) is 0.333. The van der Waals surface area contributed by atoms with E-state index in [0.29, 0.717) is 22.8 Å². The number of benzene rings is 4. The van der Waals surface area contributed by atoms with Crippen LogP contribution in [-0.4, -0.2) is 27.0 Å². The highest BCUT2D eigenvalue weighted by Gasteiger charge is 2.65. The lowest BCUT2D eigenvalue weighted by Gasteiger charge is -2.62. The van der Waals surface area contributed by atoms with E-state index in [1.165, 1.54) is 0 Å². The van der Waals surface area contributed by atoms with Gasteiger partial charge in [0, 0.05) is 29.5 Å². The maximum atomic E-state index is 13.2. The Labute approximate surface area is 305 Å². The predicted molar refractivity (Wildman–Crippen MR) is 198 cm³/mol. The number of hydrogen-bond acceptors (Lipinski definition) is 6. The standard InChI is InChI=1S/C42H44ClN5O3/c1-40(2)38(41(3,4)39(40)50-35-26-25-30(28-44)36(43)27-35)48-29-34(45-47-48)23-15-8-16-24-37(49)46-51-42(31-17-9-5-10-18-31,32-19-11-6-12-20-32)33-21-13-7-14-22-33/h5-7,9-14,17-22,25-27,29,38-39H,8,15-16,23-24H2,1-4H3,(H,46,49). The van der Waals surface area contributed by atoms with Crippen LogP contribution in [0.3, 0.4) is 0 Å². The highest BCUT2D eigenvalue weighted by Crippen LogP contribution is 2.62. The molecule has 0 bridgehead atoms. The van der Waals surface area contributed by atoms with Crippen LogP contribution < -0.4 is 10.2 Å². The second-order valence-electron chi connectivity index (χ2n) is 14.5. The van der Waals surface area contributed by atoms with Gasteiger partial charge in [0.2, 0.25) is 5.91 Å². The van der Waals surface area contributed by atoms with E-state index < -0.39 is 5.60 Å². The lowest BCUT2D eigenvalue weighted by Crippen LogP contribution is -2.66. The van der Waals surface area contributed by atoms with Crippen molar-refractivity contribution in [2.24, 2.45) is 10.8 Å². The van der Waals surface area contributed by atoms with E-state index >= 15 is 0 Å². The number of nitriles is 1. The number of ether oxygens (including phenoxy) is 1. The van der Waals surface area contributed by atoms with Gasteiger partial charge in [0.05, 0.1) is 22.3 Å². The summed E-state index contributed by atoms with van der Waals surface area (Å²) in [6.45, 7) is 8.72. The number of halogens is 1. The molecule has 9 heteroatoms. The molecule has 1 saturated carbocycles. The van der Waals surface area contributed by atoms with Crippen molar-refractivity contribution < 1.29 is 14.4 Å². The molecule has 1 aliphatic carbocycles. The summed E-state index contributed by atoms with van der Waals surface area (Å²) in [6, 6.07) is 37.3. The molecule has 5 aromatic rings. The zero-order valence-corrected chi connectivity index (χ0v) is 30.3. The number of carbonyl (C=O) groups is 1. The molecule has 8 nitrogen and oxygen atoms in total. The Bertz CT molecular complexity index is 1860. The average molecular weight is 702 g/mol. The number of rotatable bonds is 14. The lowest BCUT2D eigenvalue weighted by atomic mass is 9.49. The largest absolute Gasteiger partial charge is 0.489 e. The van der Waals surface area contributed by atoms with Crippen molar-refractivity contribution in [3.05, 3.63) is 148 Å². The number of nitrogens with zero attached hydrogens (tertiary/aromatic N) is 4. The fourth-order valence-electron chi connectivity index (χ4n) is 8.09. The third-order valence-corrected chi connectivity index (χ3v) is 10.4. The van der Waals surface area contributed by atoms with Crippen LogP contribution >= 0.6 is 11.6 Å². The Kier molecular flexibility index (Phi) is 10.6. The second-order valence-corrected chi connectivity index (χ2v) is 14.9. The van der Waals surface area contributed by atoms with E-state index in [9.17, 15) is 10.1 Å². The van der Waals surface area contributed by atoms with Crippen LogP contribution in [0.4, 0.5) is 0 Å². The maximum Gasteiger partial charge on any atom is 0.243 e. The molecule has 6 rings (SSSR count). The van der Waals surface area contributed by atoms with Crippen molar-refractivity contribution in [3.8, 4) is 11.8 Å². The van der Waals surface area contributed by atoms with Gasteiger partial charge >= 0.3 is 0 Å². The summed E-state index contributed by atoms with van der Waals surface area (Å²) in [7, 11) is 0. The molecular formula is C42H44ClN5O3. The van der Waals surface area contributed by atoms with E-state index in [2.05, 4.69) is 49.6 Å². The van der Waals surface area contributed by atoms with Crippen molar-refractivity contribution in [1.29, 1.82) is 5.26 Å². The van der Waals surface area contributed by atoms with Gasteiger partial charge in [-0.15, -0.1) is 5.10 Å². The summed E-state index contributed by atoms with van der Waals surface area (Å²) < 4.78 is 8.41. The van der Waals surface area contributed by atoms with Gasteiger partial charge < -0.3 is 4.74 Å². The smallest absolute Gasteiger partial charge is 0.243 e. The van der Waals surface area contributed by atoms with Crippen LogP contribution in [0.1, 0.15) is 87.4 Å². The van der Waals surface area contributed by atoms with Crippen molar-refractivity contribution in [2.75, 3.05) is 0 Å². The molecule has 0 aliphatic heterocycles. The Morgan fingerprint density at radius 2 is 1.43 bits per heavy atom. The van der Waals surface area contributed by atoms with Crippen molar-refractivity contribution in [1.82, 2.24) is 20.5 Å². The van der Waals surface area contributed by atoms with Crippen LogP contribution in [0.25, 0.3) is 0 Å². The van der Waals surface area contributed by atoms with Gasteiger partial charge in [-0.25, -0.2) is 10.2 Å². The molecule has 0 atom stereocenters. The normalized spacial score (nSPS) is 17.6. The summed E-state index contributed by atoms with van der Waals surface area (Å²) in [4.78, 5) is 19.6. The molecule has 0 saturated heterocycles. The summed E-state index contributed by atoms with van der Waals surface area (Å²) in [6.07, 6.45) is 5.54. The van der Waals surface area contributed by atoms with Gasteiger partial charge in [-0.05, 0) is 48.1 Å². The fourth-order valence-corrected chi connectivity index (χ4v) is 8.30. The number of nitrogens with one attached hydrogen (secondary N) is 1. The molecule has 1 aromatic heterocycles. The predicted octanol–water partition coefficient (Wildman–Crippen LogP) is 9.00. The van der Waals surface area contributed by atoms with Crippen LogP contribution in [-0.2, 0) is 21.7 Å². The minimum Gasteiger partial charge on any atom is -0.489 e. The van der Waals surface area contributed by atoms with Gasteiger partial charge in [0.15, 0.2) is 5.60 Å². The van der Waals surface area contributed by atoms with E-state index in [4.69, 9.17) is 21.2 Å². The van der Waals surface area contributed by atoms with Crippen molar-refractivity contribution in [3.63, 3.8) is 0 Å². The number of aromatic nitrogens is 3. The summed E-state index contributed by atoms with van der Waals surface area (Å²) >= 11 is 6.26. The second kappa shape index (κ2) is 15.1. The molecule has 1 amide bonds. The minimum absolute atomic E-state index is 0.0728. The molecule has 0 spiro atoms. The number of carbonyl (C=O) groups excluding carboxylic acids is 1. The van der Waals surface area contributed by atoms with Gasteiger partial charge in [-0.3, -0.25) is 9.63 Å². The highest BCUT2D eigenvalue weighted by atomic mass is 35.5. The first-order valence-electron chi connectivity index (χ1n) is 17.5. The van der Waals surface area contributed by atoms with Crippen LogP contribution in [0.5, 0.6) is 5.75 Å². The number of aryl methyl sites for hydroxylation is 1. The van der Waals surface area contributed by atoms with Gasteiger partial charge in [0.25, 0.3) is 0 Å². The van der Waals surface area contributed by atoms with Crippen LogP contribution in [0, 0.1) is 22.2 Å². The van der Waals surface area contributed by atoms with Crippen LogP contribution in [0.2, 0.25) is 5.02 Å². The summed E-state index contributed by atoms with van der Waals surface area (Å²) in [5, 5.41) is 18.6. The van der Waals surface area contributed by atoms with Crippen molar-refractivity contribution >= 4 is 17.5 Å². The topological polar surface area (TPSA) is 102 Å². The molecule has 0 radical (unpaired) electrons. The number of unbranched alkanes of at least 4 members (excludes halogenated alkanes) is 2. The number of hydrogen-bond donors (Lipinski definition) is 1. The first kappa shape index (κ1) is 35.8. The van der Waals surface area contributed by atoms with Gasteiger partial charge in [-0.2, -0.15) is 5.26 Å². The van der Waals surface area contributed by atoms with E-state index in [0.717, 1.165) is 48.1 Å². The molecule has 1 fully saturated rings. The first-order valence-corrected chi connectivity index (χ1v) is 17.9. The van der Waals surface area contributed by atoms with E-state index in [-0.39, 0.29) is 28.9 Å². The van der Waals surface area contributed by atoms with Crippen molar-refractivity contribution in [2.45, 2.75) is 77.5 Å². The SMILES string of the molecule is CC1(C)C(Oc2ccc(C#N)c(Cl)c2)C(C)(C)C1n1cc(CCCCCC(=O)NOC(c2ccccc2)(c2ccccc2)c2ccccc2)nn1. The maximum absolute atomic E-state index is 13.2. The highest BCUT2D eigenvalue weighted by molar-refractivity contribution is 6.31. The average Bonchev–Trinajstić information content (AvgIpc) is 3.59. The molecular weight excluding hydrogens is 658 g/mol. The van der Waals surface area contributed by atoms with Gasteiger partial charge in [-0.1, -0.05) is 142 Å². The minimum atomic E-state index is -1.02. The Morgan fingerprint density at radius 1 is 0.863 bits per heavy atom. The first-order chi connectivity index (χ1) is 24.6. The molecule has 1 aliphatic rings. The number of amides is 1. The Balaban J connectivity index is 1.02. The molecule has 1 heterocycles. The molecule has 262 valence electrons. The third kappa shape index (κ3) is 7.28. The monoisotopic (exact) mass is 701 g/mol. The molecule has 1 N–H and O–H groups in total. The molecule has 0 unspecified atom stereocenters. The summed E-state index contributed by atoms with van der Waals surface area (Å²) in [5.41, 5.74) is 5.44. The zero-order chi connectivity index (χ0) is 36.1. The molecule has 51 heavy (non-hydrogen) atoms. The Morgan fingerprint density at radius 3 is 1.96 bits per heavy atom. The third-order valence-electron chi connectivity index (χ3n) is 10.1. The van der Waals surface area contributed by atoms with E-state index in [1.54, 1.807) is 18.2 Å². The zero-order valence-electron chi connectivity index (χ0n) is 29.6. The number of hydroxylamine groups is 1. The Hall–Kier alpha value is -4.97. The molecule has 4 aromatic carbocycles. The van der Waals surface area contributed by atoms with Gasteiger partial charge in [0.1, 0.15) is 17.9 Å². The summed E-state index contributed by atoms with van der Waals surface area (Å²) in [5.74, 6) is 0.480. The van der Waals surface area contributed by atoms with E-state index in [1.807, 2.05) is 102 Å².